The first-order chi connectivity index (χ1) is 10.3. The predicted molar refractivity (Wildman–Crippen MR) is 85.6 cm³/mol. The van der Waals surface area contributed by atoms with E-state index in [0.29, 0.717) is 6.54 Å². The van der Waals surface area contributed by atoms with Gasteiger partial charge in [-0.25, -0.2) is 14.8 Å². The molecule has 1 N–H and O–H groups in total. The number of carbonyl (C=O) groups excluding carboxylic acids is 1. The molecule has 0 unspecified atom stereocenters. The van der Waals surface area contributed by atoms with Crippen LogP contribution in [-0.4, -0.2) is 21.7 Å². The lowest BCUT2D eigenvalue weighted by Gasteiger charge is -2.19. The Bertz CT molecular complexity index is 651. The first-order valence-corrected chi connectivity index (χ1v) is 7.25. The van der Waals surface area contributed by atoms with Crippen LogP contribution in [0.1, 0.15) is 26.3 Å². The number of amides is 1. The number of rotatable bonds is 3. The summed E-state index contributed by atoms with van der Waals surface area (Å²) in [6, 6.07) is 7.75. The molecule has 2 aromatic rings. The van der Waals surface area contributed by atoms with Crippen molar-refractivity contribution in [2.75, 3.05) is 0 Å². The van der Waals surface area contributed by atoms with Crippen LogP contribution in [-0.2, 0) is 11.3 Å². The standard InChI is InChI=1S/C16H18ClN3O2/c1-16(2,3)22-15(21)20-8-11-5-4-6-12(7-11)13-9-18-14(17)19-10-13/h4-7,9-10H,8H2,1-3H3,(H,20,21). The van der Waals surface area contributed by atoms with Crippen LogP contribution >= 0.6 is 11.6 Å². The summed E-state index contributed by atoms with van der Waals surface area (Å²) in [6.07, 6.45) is 2.89. The van der Waals surface area contributed by atoms with Gasteiger partial charge in [0.25, 0.3) is 0 Å². The highest BCUT2D eigenvalue weighted by atomic mass is 35.5. The van der Waals surface area contributed by atoms with Crippen molar-refractivity contribution in [3.63, 3.8) is 0 Å². The van der Waals surface area contributed by atoms with E-state index >= 15 is 0 Å². The molecule has 0 spiro atoms. The predicted octanol–water partition coefficient (Wildman–Crippen LogP) is 3.82. The van der Waals surface area contributed by atoms with Crippen LogP contribution in [0.4, 0.5) is 4.79 Å². The van der Waals surface area contributed by atoms with Crippen molar-refractivity contribution in [2.24, 2.45) is 0 Å². The molecule has 1 heterocycles. The largest absolute Gasteiger partial charge is 0.444 e. The zero-order chi connectivity index (χ0) is 16.2. The summed E-state index contributed by atoms with van der Waals surface area (Å²) in [5.74, 6) is 0. The molecule has 22 heavy (non-hydrogen) atoms. The molecule has 0 atom stereocenters. The lowest BCUT2D eigenvalue weighted by atomic mass is 10.1. The first-order valence-electron chi connectivity index (χ1n) is 6.87. The second kappa shape index (κ2) is 6.75. The maximum absolute atomic E-state index is 11.7. The molecule has 116 valence electrons. The molecule has 6 heteroatoms. The Balaban J connectivity index is 2.03. The van der Waals surface area contributed by atoms with E-state index in [1.54, 1.807) is 12.4 Å². The second-order valence-electron chi connectivity index (χ2n) is 5.80. The molecule has 5 nitrogen and oxygen atoms in total. The van der Waals surface area contributed by atoms with Gasteiger partial charge in [-0.3, -0.25) is 0 Å². The number of nitrogens with zero attached hydrogens (tertiary/aromatic N) is 2. The van der Waals surface area contributed by atoms with Gasteiger partial charge < -0.3 is 10.1 Å². The van der Waals surface area contributed by atoms with Crippen LogP contribution in [0.15, 0.2) is 36.7 Å². The van der Waals surface area contributed by atoms with E-state index in [0.717, 1.165) is 16.7 Å². The first kappa shape index (κ1) is 16.2. The summed E-state index contributed by atoms with van der Waals surface area (Å²) in [5.41, 5.74) is 2.27. The molecule has 0 radical (unpaired) electrons. The molecular formula is C16H18ClN3O2. The van der Waals surface area contributed by atoms with E-state index in [1.165, 1.54) is 0 Å². The lowest BCUT2D eigenvalue weighted by Crippen LogP contribution is -2.32. The van der Waals surface area contributed by atoms with Gasteiger partial charge in [0.1, 0.15) is 5.60 Å². The van der Waals surface area contributed by atoms with Crippen molar-refractivity contribution in [2.45, 2.75) is 32.9 Å². The van der Waals surface area contributed by atoms with Crippen molar-refractivity contribution in [1.82, 2.24) is 15.3 Å². The molecule has 0 saturated carbocycles. The van der Waals surface area contributed by atoms with E-state index in [1.807, 2.05) is 45.0 Å². The molecule has 0 saturated heterocycles. The number of hydrogen-bond acceptors (Lipinski definition) is 4. The minimum absolute atomic E-state index is 0.214. The Kier molecular flexibility index (Phi) is 4.98. The molecule has 1 aromatic carbocycles. The van der Waals surface area contributed by atoms with Crippen molar-refractivity contribution in [3.05, 3.63) is 47.5 Å². The van der Waals surface area contributed by atoms with Crippen LogP contribution in [0.3, 0.4) is 0 Å². The number of hydrogen-bond donors (Lipinski definition) is 1. The highest BCUT2D eigenvalue weighted by Gasteiger charge is 2.15. The highest BCUT2D eigenvalue weighted by molar-refractivity contribution is 6.28. The van der Waals surface area contributed by atoms with Crippen LogP contribution in [0.2, 0.25) is 5.28 Å². The van der Waals surface area contributed by atoms with E-state index in [9.17, 15) is 4.79 Å². The van der Waals surface area contributed by atoms with Gasteiger partial charge in [0.2, 0.25) is 5.28 Å². The third-order valence-electron chi connectivity index (χ3n) is 2.72. The van der Waals surface area contributed by atoms with Gasteiger partial charge in [-0.1, -0.05) is 18.2 Å². The monoisotopic (exact) mass is 319 g/mol. The minimum Gasteiger partial charge on any atom is -0.444 e. The second-order valence-corrected chi connectivity index (χ2v) is 6.13. The molecule has 0 aliphatic rings. The summed E-state index contributed by atoms with van der Waals surface area (Å²) < 4.78 is 5.20. The van der Waals surface area contributed by atoms with Crippen LogP contribution < -0.4 is 5.32 Å². The van der Waals surface area contributed by atoms with Gasteiger partial charge in [0.05, 0.1) is 0 Å². The summed E-state index contributed by atoms with van der Waals surface area (Å²) in [4.78, 5) is 19.6. The Morgan fingerprint density at radius 1 is 1.23 bits per heavy atom. The number of ether oxygens (including phenoxy) is 1. The Hall–Kier alpha value is -2.14. The molecule has 0 bridgehead atoms. The zero-order valence-corrected chi connectivity index (χ0v) is 13.5. The van der Waals surface area contributed by atoms with E-state index in [-0.39, 0.29) is 5.28 Å². The fraction of sp³-hybridized carbons (Fsp3) is 0.312. The van der Waals surface area contributed by atoms with Crippen molar-refractivity contribution < 1.29 is 9.53 Å². The maximum atomic E-state index is 11.7. The average molecular weight is 320 g/mol. The Labute approximate surface area is 134 Å². The average Bonchev–Trinajstić information content (AvgIpc) is 2.44. The number of halogens is 1. The highest BCUT2D eigenvalue weighted by Crippen LogP contribution is 2.19. The number of alkyl carbamates (subject to hydrolysis) is 1. The van der Waals surface area contributed by atoms with Crippen molar-refractivity contribution in [3.8, 4) is 11.1 Å². The smallest absolute Gasteiger partial charge is 0.407 e. The van der Waals surface area contributed by atoms with Gasteiger partial charge in [0, 0.05) is 24.5 Å². The summed E-state index contributed by atoms with van der Waals surface area (Å²) >= 11 is 5.68. The number of aromatic nitrogens is 2. The number of carbonyl (C=O) groups is 1. The van der Waals surface area contributed by atoms with Gasteiger partial charge in [0.15, 0.2) is 0 Å². The SMILES string of the molecule is CC(C)(C)OC(=O)NCc1cccc(-c2cnc(Cl)nc2)c1. The third-order valence-corrected chi connectivity index (χ3v) is 2.91. The summed E-state index contributed by atoms with van der Waals surface area (Å²) in [7, 11) is 0. The summed E-state index contributed by atoms with van der Waals surface area (Å²) in [5, 5.41) is 2.94. The molecule has 0 fully saturated rings. The van der Waals surface area contributed by atoms with Gasteiger partial charge >= 0.3 is 6.09 Å². The fourth-order valence-corrected chi connectivity index (χ4v) is 1.91. The van der Waals surface area contributed by atoms with Gasteiger partial charge in [-0.05, 0) is 49.6 Å². The third kappa shape index (κ3) is 5.00. The van der Waals surface area contributed by atoms with Crippen LogP contribution in [0.25, 0.3) is 11.1 Å². The van der Waals surface area contributed by atoms with E-state index in [4.69, 9.17) is 16.3 Å². The number of benzene rings is 1. The molecular weight excluding hydrogens is 302 g/mol. The maximum Gasteiger partial charge on any atom is 0.407 e. The Morgan fingerprint density at radius 3 is 2.55 bits per heavy atom. The lowest BCUT2D eigenvalue weighted by molar-refractivity contribution is 0.0523. The van der Waals surface area contributed by atoms with Crippen LogP contribution in [0.5, 0.6) is 0 Å². The zero-order valence-electron chi connectivity index (χ0n) is 12.8. The fourth-order valence-electron chi connectivity index (χ4n) is 1.81. The minimum atomic E-state index is -0.507. The quantitative estimate of drug-likeness (QED) is 0.873. The van der Waals surface area contributed by atoms with Gasteiger partial charge in [-0.15, -0.1) is 0 Å². The van der Waals surface area contributed by atoms with Crippen molar-refractivity contribution >= 4 is 17.7 Å². The summed E-state index contributed by atoms with van der Waals surface area (Å²) in [6.45, 7) is 5.87. The van der Waals surface area contributed by atoms with E-state index < -0.39 is 11.7 Å². The Morgan fingerprint density at radius 2 is 1.91 bits per heavy atom. The number of nitrogens with one attached hydrogen (secondary N) is 1. The molecule has 0 aliphatic carbocycles. The van der Waals surface area contributed by atoms with E-state index in [2.05, 4.69) is 15.3 Å². The van der Waals surface area contributed by atoms with Crippen LogP contribution in [0, 0.1) is 0 Å². The van der Waals surface area contributed by atoms with Gasteiger partial charge in [-0.2, -0.15) is 0 Å². The van der Waals surface area contributed by atoms with Crippen molar-refractivity contribution in [1.29, 1.82) is 0 Å². The topological polar surface area (TPSA) is 64.1 Å². The molecule has 1 amide bonds. The normalized spacial score (nSPS) is 11.1. The molecule has 1 aromatic heterocycles. The molecule has 2 rings (SSSR count). The molecule has 0 aliphatic heterocycles.